The second kappa shape index (κ2) is 43.0. The molecule has 0 aromatic carbocycles. The highest BCUT2D eigenvalue weighted by atomic mass is 16.6. The summed E-state index contributed by atoms with van der Waals surface area (Å²) in [5.74, 6) is 0.837. The average molecular weight is 793 g/mol. The number of carbonyl (C=O) groups excluding carboxylic acids is 3. The quantitative estimate of drug-likeness (QED) is 0.0347. The Kier molecular flexibility index (Phi) is 41.8. The van der Waals surface area contributed by atoms with Crippen molar-refractivity contribution >= 4 is 17.9 Å². The van der Waals surface area contributed by atoms with Crippen LogP contribution in [-0.2, 0) is 28.6 Å². The number of carbonyl (C=O) groups is 3. The molecule has 0 bridgehead atoms. The van der Waals surface area contributed by atoms with E-state index in [9.17, 15) is 14.4 Å². The van der Waals surface area contributed by atoms with E-state index in [1.165, 1.54) is 154 Å². The molecule has 0 aliphatic rings. The lowest BCUT2D eigenvalue weighted by Gasteiger charge is -2.18. The molecule has 1 unspecified atom stereocenters. The number of hydrogen-bond acceptors (Lipinski definition) is 6. The van der Waals surface area contributed by atoms with Crippen molar-refractivity contribution in [2.45, 2.75) is 278 Å². The van der Waals surface area contributed by atoms with Gasteiger partial charge in [-0.2, -0.15) is 0 Å². The molecule has 0 amide bonds. The molecule has 0 aromatic heterocycles. The molecule has 0 radical (unpaired) electrons. The van der Waals surface area contributed by atoms with Crippen molar-refractivity contribution in [3.63, 3.8) is 0 Å². The molecular weight excluding hydrogens is 697 g/mol. The van der Waals surface area contributed by atoms with Gasteiger partial charge in [-0.3, -0.25) is 14.4 Å². The van der Waals surface area contributed by atoms with Crippen molar-refractivity contribution in [3.8, 4) is 0 Å². The molecule has 0 aliphatic heterocycles. The average Bonchev–Trinajstić information content (AvgIpc) is 3.18. The molecule has 0 heterocycles. The highest BCUT2D eigenvalue weighted by molar-refractivity contribution is 5.71. The van der Waals surface area contributed by atoms with Crippen LogP contribution < -0.4 is 0 Å². The summed E-state index contributed by atoms with van der Waals surface area (Å²) in [7, 11) is 0. The minimum atomic E-state index is -0.759. The maximum Gasteiger partial charge on any atom is 0.306 e. The fourth-order valence-corrected chi connectivity index (χ4v) is 7.43. The predicted molar refractivity (Wildman–Crippen MR) is 238 cm³/mol. The van der Waals surface area contributed by atoms with Gasteiger partial charge in [-0.15, -0.1) is 0 Å². The Morgan fingerprint density at radius 2 is 0.679 bits per heavy atom. The van der Waals surface area contributed by atoms with Gasteiger partial charge in [0.1, 0.15) is 13.2 Å². The highest BCUT2D eigenvalue weighted by Crippen LogP contribution is 2.18. The Bertz CT molecular complexity index is 856. The smallest absolute Gasteiger partial charge is 0.306 e. The van der Waals surface area contributed by atoms with Gasteiger partial charge in [-0.1, -0.05) is 234 Å². The summed E-state index contributed by atoms with van der Waals surface area (Å²) in [6.45, 7) is 11.3. The third-order valence-corrected chi connectivity index (χ3v) is 11.6. The SMILES string of the molecule is CCCCCCCC(=O)O[C@H](COC(=O)CCCCCCCCCCCCCCCCCCCCC(C)CC)COC(=O)CCCCCCCCCCC(C)C. The van der Waals surface area contributed by atoms with Gasteiger partial charge in [0.05, 0.1) is 0 Å². The van der Waals surface area contributed by atoms with Crippen LogP contribution in [0.25, 0.3) is 0 Å². The summed E-state index contributed by atoms with van der Waals surface area (Å²) in [5.41, 5.74) is 0. The summed E-state index contributed by atoms with van der Waals surface area (Å²) in [4.78, 5) is 37.5. The van der Waals surface area contributed by atoms with Gasteiger partial charge >= 0.3 is 17.9 Å². The molecule has 56 heavy (non-hydrogen) atoms. The van der Waals surface area contributed by atoms with Crippen molar-refractivity contribution in [1.82, 2.24) is 0 Å². The summed E-state index contributed by atoms with van der Waals surface area (Å²) in [6.07, 6.45) is 42.7. The van der Waals surface area contributed by atoms with Crippen molar-refractivity contribution in [1.29, 1.82) is 0 Å². The van der Waals surface area contributed by atoms with Crippen molar-refractivity contribution < 1.29 is 28.6 Å². The molecule has 0 aromatic rings. The lowest BCUT2D eigenvalue weighted by atomic mass is 9.99. The first kappa shape index (κ1) is 54.4. The summed E-state index contributed by atoms with van der Waals surface area (Å²) < 4.78 is 16.6. The fraction of sp³-hybridized carbons (Fsp3) is 0.940. The summed E-state index contributed by atoms with van der Waals surface area (Å²) in [5, 5.41) is 0. The van der Waals surface area contributed by atoms with Crippen LogP contribution >= 0.6 is 0 Å². The zero-order valence-corrected chi connectivity index (χ0v) is 38.3. The van der Waals surface area contributed by atoms with Crippen LogP contribution in [0.5, 0.6) is 0 Å². The van der Waals surface area contributed by atoms with Crippen molar-refractivity contribution in [3.05, 3.63) is 0 Å². The molecule has 0 rings (SSSR count). The lowest BCUT2D eigenvalue weighted by Crippen LogP contribution is -2.30. The molecule has 0 saturated heterocycles. The third-order valence-electron chi connectivity index (χ3n) is 11.6. The second-order valence-electron chi connectivity index (χ2n) is 17.8. The van der Waals surface area contributed by atoms with E-state index in [0.29, 0.717) is 19.3 Å². The first-order chi connectivity index (χ1) is 27.3. The maximum absolute atomic E-state index is 12.5. The van der Waals surface area contributed by atoms with Crippen LogP contribution in [0.15, 0.2) is 0 Å². The van der Waals surface area contributed by atoms with E-state index in [1.807, 2.05) is 0 Å². The normalized spacial score (nSPS) is 12.5. The summed E-state index contributed by atoms with van der Waals surface area (Å²) in [6, 6.07) is 0. The van der Waals surface area contributed by atoms with Crippen LogP contribution in [0.3, 0.4) is 0 Å². The van der Waals surface area contributed by atoms with Gasteiger partial charge in [0, 0.05) is 19.3 Å². The van der Waals surface area contributed by atoms with Gasteiger partial charge in [-0.25, -0.2) is 0 Å². The molecule has 6 nitrogen and oxygen atoms in total. The molecule has 0 fully saturated rings. The van der Waals surface area contributed by atoms with E-state index in [0.717, 1.165) is 76.0 Å². The predicted octanol–water partition coefficient (Wildman–Crippen LogP) is 15.8. The number of hydrogen-bond donors (Lipinski definition) is 0. The standard InChI is InChI=1S/C50H96O6/c1-6-8-9-28-37-42-50(53)56-47(44-55-49(52)41-36-32-27-23-22-24-29-33-38-45(3)4)43-54-48(51)40-35-31-26-21-19-17-15-13-11-10-12-14-16-18-20-25-30-34-39-46(5)7-2/h45-47H,6-44H2,1-5H3/t46?,47-/m1/s1. The van der Waals surface area contributed by atoms with Gasteiger partial charge in [0.25, 0.3) is 0 Å². The minimum Gasteiger partial charge on any atom is -0.462 e. The molecule has 6 heteroatoms. The van der Waals surface area contributed by atoms with Gasteiger partial charge < -0.3 is 14.2 Å². The zero-order chi connectivity index (χ0) is 41.2. The zero-order valence-electron chi connectivity index (χ0n) is 38.3. The Hall–Kier alpha value is -1.59. The van der Waals surface area contributed by atoms with E-state index < -0.39 is 6.10 Å². The Morgan fingerprint density at radius 3 is 1.02 bits per heavy atom. The number of esters is 3. The van der Waals surface area contributed by atoms with Crippen LogP contribution in [0.4, 0.5) is 0 Å². The molecule has 2 atom stereocenters. The minimum absolute atomic E-state index is 0.0659. The first-order valence-corrected chi connectivity index (χ1v) is 24.8. The maximum atomic E-state index is 12.5. The van der Waals surface area contributed by atoms with E-state index in [1.54, 1.807) is 0 Å². The topological polar surface area (TPSA) is 78.9 Å². The van der Waals surface area contributed by atoms with E-state index in [4.69, 9.17) is 14.2 Å². The van der Waals surface area contributed by atoms with Gasteiger partial charge in [0.2, 0.25) is 0 Å². The third kappa shape index (κ3) is 42.0. The van der Waals surface area contributed by atoms with Crippen LogP contribution in [0, 0.1) is 11.8 Å². The largest absolute Gasteiger partial charge is 0.462 e. The van der Waals surface area contributed by atoms with Gasteiger partial charge in [-0.05, 0) is 31.1 Å². The molecule has 0 spiro atoms. The first-order valence-electron chi connectivity index (χ1n) is 24.8. The molecule has 332 valence electrons. The van der Waals surface area contributed by atoms with E-state index in [-0.39, 0.29) is 31.1 Å². The fourth-order valence-electron chi connectivity index (χ4n) is 7.43. The Morgan fingerprint density at radius 1 is 0.375 bits per heavy atom. The highest BCUT2D eigenvalue weighted by Gasteiger charge is 2.19. The summed E-state index contributed by atoms with van der Waals surface area (Å²) >= 11 is 0. The second-order valence-corrected chi connectivity index (χ2v) is 17.8. The van der Waals surface area contributed by atoms with E-state index in [2.05, 4.69) is 34.6 Å². The number of ether oxygens (including phenoxy) is 3. The van der Waals surface area contributed by atoms with Crippen LogP contribution in [0.1, 0.15) is 272 Å². The van der Waals surface area contributed by atoms with Gasteiger partial charge in [0.15, 0.2) is 6.10 Å². The number of unbranched alkanes of at least 4 members (excludes halogenated alkanes) is 28. The lowest BCUT2D eigenvalue weighted by molar-refractivity contribution is -0.167. The van der Waals surface area contributed by atoms with Crippen molar-refractivity contribution in [2.75, 3.05) is 13.2 Å². The molecular formula is C50H96O6. The van der Waals surface area contributed by atoms with Crippen molar-refractivity contribution in [2.24, 2.45) is 11.8 Å². The van der Waals surface area contributed by atoms with Crippen LogP contribution in [0.2, 0.25) is 0 Å². The molecule has 0 N–H and O–H groups in total. The van der Waals surface area contributed by atoms with Crippen LogP contribution in [-0.4, -0.2) is 37.2 Å². The Balaban J connectivity index is 4.00. The monoisotopic (exact) mass is 793 g/mol. The molecule has 0 aliphatic carbocycles. The van der Waals surface area contributed by atoms with E-state index >= 15 is 0 Å². The Labute approximate surface area is 348 Å². The number of rotatable bonds is 44. The molecule has 0 saturated carbocycles.